The van der Waals surface area contributed by atoms with Gasteiger partial charge in [0.2, 0.25) is 0 Å². The molecule has 0 atom stereocenters. The van der Waals surface area contributed by atoms with Crippen LogP contribution in [0.25, 0.3) is 5.69 Å². The van der Waals surface area contributed by atoms with Crippen molar-refractivity contribution in [3.63, 3.8) is 0 Å². The van der Waals surface area contributed by atoms with Gasteiger partial charge in [0, 0.05) is 6.07 Å². The van der Waals surface area contributed by atoms with Gasteiger partial charge >= 0.3 is 5.97 Å². The lowest BCUT2D eigenvalue weighted by atomic mass is 10.2. The monoisotopic (exact) mass is 385 g/mol. The normalized spacial score (nSPS) is 11.2. The zero-order chi connectivity index (χ0) is 19.6. The SMILES string of the molecule is COC(=O)c1ccc(S(=O)(=O)Nc2cc(C)nn2-c2ccccc2C)cc1. The summed E-state index contributed by atoms with van der Waals surface area (Å²) in [7, 11) is -2.59. The molecule has 1 N–H and O–H groups in total. The fourth-order valence-electron chi connectivity index (χ4n) is 2.64. The van der Waals surface area contributed by atoms with Crippen LogP contribution in [0.1, 0.15) is 21.6 Å². The van der Waals surface area contributed by atoms with Crippen molar-refractivity contribution in [2.45, 2.75) is 18.7 Å². The van der Waals surface area contributed by atoms with Gasteiger partial charge in [-0.3, -0.25) is 4.72 Å². The first-order valence-corrected chi connectivity index (χ1v) is 9.64. The number of hydrogen-bond donors (Lipinski definition) is 1. The highest BCUT2D eigenvalue weighted by molar-refractivity contribution is 7.92. The molecule has 0 saturated heterocycles. The zero-order valence-corrected chi connectivity index (χ0v) is 15.9. The third-order valence-corrected chi connectivity index (χ3v) is 5.37. The van der Waals surface area contributed by atoms with Gasteiger partial charge < -0.3 is 4.74 Å². The number of aryl methyl sites for hydroxylation is 2. The van der Waals surface area contributed by atoms with Crippen LogP contribution in [0.4, 0.5) is 5.82 Å². The number of esters is 1. The maximum absolute atomic E-state index is 12.8. The first-order valence-electron chi connectivity index (χ1n) is 8.15. The fourth-order valence-corrected chi connectivity index (χ4v) is 3.67. The third-order valence-electron chi connectivity index (χ3n) is 4.00. The van der Waals surface area contributed by atoms with E-state index >= 15 is 0 Å². The summed E-state index contributed by atoms with van der Waals surface area (Å²) in [5, 5.41) is 4.40. The van der Waals surface area contributed by atoms with Crippen LogP contribution in [0.2, 0.25) is 0 Å². The molecule has 0 spiro atoms. The zero-order valence-electron chi connectivity index (χ0n) is 15.1. The molecule has 3 rings (SSSR count). The van der Waals surface area contributed by atoms with E-state index in [1.165, 1.54) is 31.4 Å². The lowest BCUT2D eigenvalue weighted by Crippen LogP contribution is -2.16. The van der Waals surface area contributed by atoms with Gasteiger partial charge in [-0.1, -0.05) is 18.2 Å². The Balaban J connectivity index is 1.95. The number of anilines is 1. The predicted molar refractivity (Wildman–Crippen MR) is 102 cm³/mol. The van der Waals surface area contributed by atoms with Crippen LogP contribution in [-0.2, 0) is 14.8 Å². The van der Waals surface area contributed by atoms with Gasteiger partial charge in [-0.2, -0.15) is 5.10 Å². The summed E-state index contributed by atoms with van der Waals surface area (Å²) < 4.78 is 34.3. The maximum atomic E-state index is 12.8. The minimum Gasteiger partial charge on any atom is -0.465 e. The first kappa shape index (κ1) is 18.7. The highest BCUT2D eigenvalue weighted by Crippen LogP contribution is 2.23. The Labute approximate surface area is 157 Å². The van der Waals surface area contributed by atoms with E-state index < -0.39 is 16.0 Å². The second kappa shape index (κ2) is 7.24. The van der Waals surface area contributed by atoms with Crippen LogP contribution in [0, 0.1) is 13.8 Å². The van der Waals surface area contributed by atoms with Crippen molar-refractivity contribution >= 4 is 21.8 Å². The van der Waals surface area contributed by atoms with Crippen molar-refractivity contribution < 1.29 is 17.9 Å². The molecule has 1 heterocycles. The number of carbonyl (C=O) groups is 1. The Kier molecular flexibility index (Phi) is 5.00. The highest BCUT2D eigenvalue weighted by atomic mass is 32.2. The molecule has 1 aromatic heterocycles. The van der Waals surface area contributed by atoms with Crippen molar-refractivity contribution in [3.8, 4) is 5.69 Å². The summed E-state index contributed by atoms with van der Waals surface area (Å²) in [6.07, 6.45) is 0. The van der Waals surface area contributed by atoms with E-state index in [2.05, 4.69) is 14.6 Å². The summed E-state index contributed by atoms with van der Waals surface area (Å²) >= 11 is 0. The molecule has 8 heteroatoms. The van der Waals surface area contributed by atoms with Gasteiger partial charge in [0.05, 0.1) is 29.0 Å². The van der Waals surface area contributed by atoms with E-state index in [0.717, 1.165) is 11.3 Å². The van der Waals surface area contributed by atoms with Crippen molar-refractivity contribution in [2.24, 2.45) is 0 Å². The summed E-state index contributed by atoms with van der Waals surface area (Å²) in [6, 6.07) is 14.7. The summed E-state index contributed by atoms with van der Waals surface area (Å²) in [5.74, 6) is -0.195. The molecule has 0 bridgehead atoms. The molecule has 3 aromatic rings. The van der Waals surface area contributed by atoms with E-state index in [1.54, 1.807) is 17.7 Å². The Morgan fingerprint density at radius 3 is 2.37 bits per heavy atom. The van der Waals surface area contributed by atoms with Gasteiger partial charge in [-0.25, -0.2) is 17.9 Å². The van der Waals surface area contributed by atoms with Crippen molar-refractivity contribution in [1.82, 2.24) is 9.78 Å². The second-order valence-electron chi connectivity index (χ2n) is 5.99. The molecule has 7 nitrogen and oxygen atoms in total. The standard InChI is InChI=1S/C19H19N3O4S/c1-13-6-4-5-7-17(13)22-18(12-14(2)20-22)21-27(24,25)16-10-8-15(9-11-16)19(23)26-3/h4-12,21H,1-3H3. The molecule has 0 aliphatic rings. The van der Waals surface area contributed by atoms with Gasteiger partial charge in [0.15, 0.2) is 0 Å². The Morgan fingerprint density at radius 2 is 1.74 bits per heavy atom. The minimum atomic E-state index is -3.86. The molecule has 0 radical (unpaired) electrons. The smallest absolute Gasteiger partial charge is 0.337 e. The maximum Gasteiger partial charge on any atom is 0.337 e. The molecule has 0 saturated carbocycles. The topological polar surface area (TPSA) is 90.3 Å². The summed E-state index contributed by atoms with van der Waals surface area (Å²) in [4.78, 5) is 11.5. The summed E-state index contributed by atoms with van der Waals surface area (Å²) in [6.45, 7) is 3.72. The van der Waals surface area contributed by atoms with Gasteiger partial charge in [-0.05, 0) is 49.7 Å². The van der Waals surface area contributed by atoms with Crippen LogP contribution >= 0.6 is 0 Å². The molecule has 0 aliphatic heterocycles. The van der Waals surface area contributed by atoms with Crippen molar-refractivity contribution in [1.29, 1.82) is 0 Å². The van der Waals surface area contributed by atoms with Crippen LogP contribution in [0.15, 0.2) is 59.5 Å². The largest absolute Gasteiger partial charge is 0.465 e. The van der Waals surface area contributed by atoms with Crippen LogP contribution < -0.4 is 4.72 Å². The number of aromatic nitrogens is 2. The molecule has 0 aliphatic carbocycles. The highest BCUT2D eigenvalue weighted by Gasteiger charge is 2.19. The fraction of sp³-hybridized carbons (Fsp3) is 0.158. The third kappa shape index (κ3) is 3.85. The molecule has 0 fully saturated rings. The average Bonchev–Trinajstić information content (AvgIpc) is 3.00. The van der Waals surface area contributed by atoms with E-state index in [9.17, 15) is 13.2 Å². The van der Waals surface area contributed by atoms with Crippen LogP contribution in [0.3, 0.4) is 0 Å². The van der Waals surface area contributed by atoms with Gasteiger partial charge in [0.25, 0.3) is 10.0 Å². The lowest BCUT2D eigenvalue weighted by molar-refractivity contribution is 0.0600. The number of benzene rings is 2. The number of methoxy groups -OCH3 is 1. The van der Waals surface area contributed by atoms with E-state index in [1.807, 2.05) is 31.2 Å². The van der Waals surface area contributed by atoms with Crippen LogP contribution in [0.5, 0.6) is 0 Å². The molecule has 27 heavy (non-hydrogen) atoms. The number of nitrogens with zero attached hydrogens (tertiary/aromatic N) is 2. The molecule has 0 unspecified atom stereocenters. The number of para-hydroxylation sites is 1. The van der Waals surface area contributed by atoms with E-state index in [0.29, 0.717) is 11.5 Å². The molecule has 2 aromatic carbocycles. The number of rotatable bonds is 5. The average molecular weight is 385 g/mol. The Morgan fingerprint density at radius 1 is 1.07 bits per heavy atom. The van der Waals surface area contributed by atoms with Gasteiger partial charge in [0.1, 0.15) is 5.82 Å². The van der Waals surface area contributed by atoms with E-state index in [-0.39, 0.29) is 10.5 Å². The molecule has 0 amide bonds. The predicted octanol–water partition coefficient (Wildman–Crippen LogP) is 3.08. The number of carbonyl (C=O) groups excluding carboxylic acids is 1. The number of hydrogen-bond acceptors (Lipinski definition) is 5. The number of sulfonamides is 1. The Bertz CT molecular complexity index is 1090. The van der Waals surface area contributed by atoms with E-state index in [4.69, 9.17) is 0 Å². The number of ether oxygens (including phenoxy) is 1. The molecular weight excluding hydrogens is 366 g/mol. The number of nitrogens with one attached hydrogen (secondary N) is 1. The Hall–Kier alpha value is -3.13. The minimum absolute atomic E-state index is 0.0327. The summed E-state index contributed by atoms with van der Waals surface area (Å²) in [5.41, 5.74) is 2.70. The van der Waals surface area contributed by atoms with Crippen LogP contribution in [-0.4, -0.2) is 31.3 Å². The molecular formula is C19H19N3O4S. The van der Waals surface area contributed by atoms with Crippen molar-refractivity contribution in [2.75, 3.05) is 11.8 Å². The molecule has 140 valence electrons. The lowest BCUT2D eigenvalue weighted by Gasteiger charge is -2.12. The van der Waals surface area contributed by atoms with Crippen molar-refractivity contribution in [3.05, 3.63) is 71.4 Å². The quantitative estimate of drug-likeness (QED) is 0.682. The first-order chi connectivity index (χ1) is 12.8. The second-order valence-corrected chi connectivity index (χ2v) is 7.67. The van der Waals surface area contributed by atoms with Gasteiger partial charge in [-0.15, -0.1) is 0 Å².